The normalized spacial score (nSPS) is 27.3. The van der Waals surface area contributed by atoms with Gasteiger partial charge in [-0.2, -0.15) is 0 Å². The monoisotopic (exact) mass is 184 g/mol. The number of hydrogen-bond donors (Lipinski definition) is 1. The molecular weight excluding hydrogens is 172 g/mol. The van der Waals surface area contributed by atoms with Crippen LogP contribution < -0.4 is 0 Å². The van der Waals surface area contributed by atoms with Crippen molar-refractivity contribution in [3.05, 3.63) is 23.7 Å². The van der Waals surface area contributed by atoms with Crippen molar-refractivity contribution in [3.63, 3.8) is 0 Å². The highest BCUT2D eigenvalue weighted by Gasteiger charge is 2.26. The second-order valence-corrected chi connectivity index (χ2v) is 2.68. The fourth-order valence-corrected chi connectivity index (χ4v) is 1.19. The molecule has 0 heterocycles. The van der Waals surface area contributed by atoms with Crippen LogP contribution in [-0.4, -0.2) is 31.7 Å². The molecule has 13 heavy (non-hydrogen) atoms. The number of methoxy groups -OCH3 is 2. The van der Waals surface area contributed by atoms with Gasteiger partial charge in [-0.3, -0.25) is 0 Å². The lowest BCUT2D eigenvalue weighted by atomic mass is 9.96. The molecular formula is C9H12O4. The SMILES string of the molecule is COC1=CC(O)C(C=O)C(OC)=C1. The van der Waals surface area contributed by atoms with Gasteiger partial charge >= 0.3 is 0 Å². The smallest absolute Gasteiger partial charge is 0.133 e. The van der Waals surface area contributed by atoms with Crippen LogP contribution in [0.4, 0.5) is 0 Å². The van der Waals surface area contributed by atoms with Crippen LogP contribution in [0.25, 0.3) is 0 Å². The quantitative estimate of drug-likeness (QED) is 0.638. The van der Waals surface area contributed by atoms with Gasteiger partial charge in [-0.05, 0) is 6.08 Å². The molecule has 0 aromatic carbocycles. The standard InChI is InChI=1S/C9H12O4/c1-12-6-3-8(11)7(5-10)9(4-6)13-2/h3-5,7-8,11H,1-2H3. The Kier molecular flexibility index (Phi) is 3.08. The molecule has 0 aromatic rings. The molecule has 0 amide bonds. The van der Waals surface area contributed by atoms with Crippen molar-refractivity contribution in [1.82, 2.24) is 0 Å². The zero-order valence-corrected chi connectivity index (χ0v) is 7.56. The number of aldehydes is 1. The highest BCUT2D eigenvalue weighted by molar-refractivity contribution is 5.61. The highest BCUT2D eigenvalue weighted by atomic mass is 16.5. The summed E-state index contributed by atoms with van der Waals surface area (Å²) in [6.07, 6.45) is 2.85. The number of carbonyl (C=O) groups is 1. The van der Waals surface area contributed by atoms with E-state index in [1.165, 1.54) is 20.3 Å². The first-order chi connectivity index (χ1) is 6.22. The van der Waals surface area contributed by atoms with Crippen molar-refractivity contribution < 1.29 is 19.4 Å². The summed E-state index contributed by atoms with van der Waals surface area (Å²) in [4.78, 5) is 10.6. The molecule has 1 rings (SSSR count). The molecule has 1 aliphatic carbocycles. The summed E-state index contributed by atoms with van der Waals surface area (Å²) in [6.45, 7) is 0. The maximum Gasteiger partial charge on any atom is 0.133 e. The molecule has 2 unspecified atom stereocenters. The predicted octanol–water partition coefficient (Wildman–Crippen LogP) is 0.237. The summed E-state index contributed by atoms with van der Waals surface area (Å²) in [5.74, 6) is 0.299. The zero-order valence-electron chi connectivity index (χ0n) is 7.56. The Morgan fingerprint density at radius 1 is 1.46 bits per heavy atom. The molecule has 2 atom stereocenters. The number of carbonyl (C=O) groups excluding carboxylic acids is 1. The number of ether oxygens (including phenoxy) is 2. The molecule has 0 radical (unpaired) electrons. The number of allylic oxidation sites excluding steroid dienone is 1. The maximum atomic E-state index is 10.6. The van der Waals surface area contributed by atoms with Crippen molar-refractivity contribution in [2.45, 2.75) is 6.10 Å². The molecule has 0 aromatic heterocycles. The van der Waals surface area contributed by atoms with Crippen molar-refractivity contribution in [1.29, 1.82) is 0 Å². The third kappa shape index (κ3) is 1.89. The fourth-order valence-electron chi connectivity index (χ4n) is 1.19. The Morgan fingerprint density at radius 3 is 2.62 bits per heavy atom. The Morgan fingerprint density at radius 2 is 2.15 bits per heavy atom. The van der Waals surface area contributed by atoms with E-state index in [0.29, 0.717) is 17.8 Å². The molecule has 0 saturated heterocycles. The van der Waals surface area contributed by atoms with Gasteiger partial charge in [-0.1, -0.05) is 0 Å². The van der Waals surface area contributed by atoms with Crippen LogP contribution in [-0.2, 0) is 14.3 Å². The van der Waals surface area contributed by atoms with E-state index in [9.17, 15) is 9.90 Å². The molecule has 0 saturated carbocycles. The molecule has 4 heteroatoms. The van der Waals surface area contributed by atoms with Crippen LogP contribution in [0, 0.1) is 5.92 Å². The van der Waals surface area contributed by atoms with Gasteiger partial charge in [-0.25, -0.2) is 0 Å². The van der Waals surface area contributed by atoms with Crippen LogP contribution >= 0.6 is 0 Å². The average molecular weight is 184 g/mol. The van der Waals surface area contributed by atoms with Gasteiger partial charge in [0.1, 0.15) is 23.7 Å². The Bertz CT molecular complexity index is 254. The fraction of sp³-hybridized carbons (Fsp3) is 0.444. The Hall–Kier alpha value is -1.29. The van der Waals surface area contributed by atoms with Crippen LogP contribution in [0.1, 0.15) is 0 Å². The second-order valence-electron chi connectivity index (χ2n) is 2.68. The van der Waals surface area contributed by atoms with Crippen LogP contribution in [0.5, 0.6) is 0 Å². The number of rotatable bonds is 3. The first-order valence-electron chi connectivity index (χ1n) is 3.87. The Balaban J connectivity index is 2.92. The highest BCUT2D eigenvalue weighted by Crippen LogP contribution is 2.23. The Labute approximate surface area is 76.5 Å². The molecule has 1 N–H and O–H groups in total. The number of aliphatic hydroxyl groups is 1. The van der Waals surface area contributed by atoms with Crippen molar-refractivity contribution in [3.8, 4) is 0 Å². The molecule has 4 nitrogen and oxygen atoms in total. The van der Waals surface area contributed by atoms with Gasteiger partial charge in [-0.15, -0.1) is 0 Å². The van der Waals surface area contributed by atoms with E-state index in [4.69, 9.17) is 9.47 Å². The van der Waals surface area contributed by atoms with E-state index in [1.807, 2.05) is 0 Å². The summed E-state index contributed by atoms with van der Waals surface area (Å²) in [7, 11) is 2.94. The summed E-state index contributed by atoms with van der Waals surface area (Å²) in [6, 6.07) is 0. The van der Waals surface area contributed by atoms with E-state index in [-0.39, 0.29) is 0 Å². The van der Waals surface area contributed by atoms with E-state index in [2.05, 4.69) is 0 Å². The van der Waals surface area contributed by atoms with Crippen LogP contribution in [0.3, 0.4) is 0 Å². The third-order valence-electron chi connectivity index (χ3n) is 1.93. The van der Waals surface area contributed by atoms with Gasteiger partial charge in [0.05, 0.1) is 20.3 Å². The minimum absolute atomic E-state index is 0.418. The van der Waals surface area contributed by atoms with Gasteiger partial charge in [0.2, 0.25) is 0 Å². The summed E-state index contributed by atoms with van der Waals surface area (Å²) < 4.78 is 9.86. The first-order valence-corrected chi connectivity index (χ1v) is 3.87. The summed E-state index contributed by atoms with van der Waals surface area (Å²) in [5, 5.41) is 9.46. The van der Waals surface area contributed by atoms with Gasteiger partial charge < -0.3 is 19.4 Å². The minimum Gasteiger partial charge on any atom is -0.500 e. The summed E-state index contributed by atoms with van der Waals surface area (Å²) in [5.41, 5.74) is 0. The van der Waals surface area contributed by atoms with E-state index in [0.717, 1.165) is 0 Å². The predicted molar refractivity (Wildman–Crippen MR) is 45.7 cm³/mol. The van der Waals surface area contributed by atoms with Crippen molar-refractivity contribution in [2.24, 2.45) is 5.92 Å². The van der Waals surface area contributed by atoms with Gasteiger partial charge in [0.15, 0.2) is 0 Å². The van der Waals surface area contributed by atoms with Gasteiger partial charge in [0.25, 0.3) is 0 Å². The van der Waals surface area contributed by atoms with Crippen LogP contribution in [0.2, 0.25) is 0 Å². The summed E-state index contributed by atoms with van der Waals surface area (Å²) >= 11 is 0. The molecule has 1 aliphatic rings. The largest absolute Gasteiger partial charge is 0.500 e. The first kappa shape index (κ1) is 9.80. The van der Waals surface area contributed by atoms with E-state index < -0.39 is 12.0 Å². The van der Waals surface area contributed by atoms with E-state index >= 15 is 0 Å². The molecule has 0 fully saturated rings. The van der Waals surface area contributed by atoms with E-state index in [1.54, 1.807) is 6.08 Å². The molecule has 0 aliphatic heterocycles. The van der Waals surface area contributed by atoms with Gasteiger partial charge in [0, 0.05) is 6.08 Å². The molecule has 72 valence electrons. The average Bonchev–Trinajstić information content (AvgIpc) is 2.16. The minimum atomic E-state index is -0.868. The third-order valence-corrected chi connectivity index (χ3v) is 1.93. The second kappa shape index (κ2) is 4.09. The lowest BCUT2D eigenvalue weighted by Gasteiger charge is -2.22. The number of aliphatic hydroxyl groups excluding tert-OH is 1. The molecule has 0 spiro atoms. The van der Waals surface area contributed by atoms with Crippen molar-refractivity contribution >= 4 is 6.29 Å². The number of hydrogen-bond acceptors (Lipinski definition) is 4. The lowest BCUT2D eigenvalue weighted by molar-refractivity contribution is -0.113. The maximum absolute atomic E-state index is 10.6. The van der Waals surface area contributed by atoms with Crippen molar-refractivity contribution in [2.75, 3.05) is 14.2 Å². The zero-order chi connectivity index (χ0) is 9.84. The lowest BCUT2D eigenvalue weighted by Crippen LogP contribution is -2.26. The topological polar surface area (TPSA) is 55.8 Å². The van der Waals surface area contributed by atoms with Crippen LogP contribution in [0.15, 0.2) is 23.7 Å². The molecule has 0 bridgehead atoms.